The molecule has 1 aliphatic rings. The number of morpholine rings is 1. The minimum absolute atomic E-state index is 0.128. The van der Waals surface area contributed by atoms with Gasteiger partial charge in [-0.1, -0.05) is 12.1 Å². The van der Waals surface area contributed by atoms with Gasteiger partial charge in [0, 0.05) is 42.6 Å². The van der Waals surface area contributed by atoms with Gasteiger partial charge in [-0.05, 0) is 30.3 Å². The fraction of sp³-hybridized carbons (Fsp3) is 0.174. The van der Waals surface area contributed by atoms with Crippen molar-refractivity contribution in [1.29, 1.82) is 0 Å². The molecule has 2 aromatic carbocycles. The summed E-state index contributed by atoms with van der Waals surface area (Å²) in [7, 11) is 0. The van der Waals surface area contributed by atoms with Gasteiger partial charge in [-0.25, -0.2) is 0 Å². The van der Waals surface area contributed by atoms with Crippen molar-refractivity contribution in [3.05, 3.63) is 76.7 Å². The van der Waals surface area contributed by atoms with Gasteiger partial charge in [0.05, 0.1) is 35.2 Å². The van der Waals surface area contributed by atoms with Crippen LogP contribution < -0.4 is 10.3 Å². The summed E-state index contributed by atoms with van der Waals surface area (Å²) in [6.07, 6.45) is 3.09. The van der Waals surface area contributed by atoms with Crippen molar-refractivity contribution in [3.8, 4) is 5.75 Å². The smallest absolute Gasteiger partial charge is 0.264 e. The van der Waals surface area contributed by atoms with Crippen molar-refractivity contribution in [2.24, 2.45) is 0 Å². The maximum Gasteiger partial charge on any atom is 0.264 e. The summed E-state index contributed by atoms with van der Waals surface area (Å²) in [5.74, 6) is -0.458. The van der Waals surface area contributed by atoms with E-state index in [1.54, 1.807) is 54.7 Å². The molecule has 0 atom stereocenters. The molecule has 7 heteroatoms. The predicted molar refractivity (Wildman–Crippen MR) is 114 cm³/mol. The molecule has 0 saturated carbocycles. The third-order valence-corrected chi connectivity index (χ3v) is 5.43. The first-order valence-corrected chi connectivity index (χ1v) is 9.73. The number of para-hydroxylation sites is 1. The summed E-state index contributed by atoms with van der Waals surface area (Å²) >= 11 is 0. The highest BCUT2D eigenvalue weighted by Crippen LogP contribution is 2.32. The Balaban J connectivity index is 1.86. The van der Waals surface area contributed by atoms with E-state index in [9.17, 15) is 14.7 Å². The Bertz CT molecular complexity index is 1330. The number of nitrogens with zero attached hydrogens (tertiary/aromatic N) is 3. The van der Waals surface area contributed by atoms with Gasteiger partial charge in [-0.2, -0.15) is 0 Å². The number of hydrogen-bond acceptors (Lipinski definition) is 6. The number of anilines is 1. The van der Waals surface area contributed by atoms with Crippen LogP contribution in [0.3, 0.4) is 0 Å². The molecule has 0 aliphatic carbocycles. The van der Waals surface area contributed by atoms with Crippen molar-refractivity contribution in [2.45, 2.75) is 0 Å². The third-order valence-electron chi connectivity index (χ3n) is 5.43. The summed E-state index contributed by atoms with van der Waals surface area (Å²) in [6.45, 7) is 2.49. The van der Waals surface area contributed by atoms with E-state index in [-0.39, 0.29) is 22.5 Å². The summed E-state index contributed by atoms with van der Waals surface area (Å²) < 4.78 is 6.91. The van der Waals surface area contributed by atoms with Crippen LogP contribution in [0.2, 0.25) is 0 Å². The fourth-order valence-corrected chi connectivity index (χ4v) is 3.97. The maximum atomic E-state index is 13.5. The Morgan fingerprint density at radius 2 is 1.83 bits per heavy atom. The fourth-order valence-electron chi connectivity index (χ4n) is 3.97. The molecule has 1 N–H and O–H groups in total. The molecular formula is C23H19N3O4. The number of aromatic hydroxyl groups is 1. The van der Waals surface area contributed by atoms with Crippen LogP contribution in [0.25, 0.3) is 21.8 Å². The number of phenols is 1. The second-order valence-electron chi connectivity index (χ2n) is 7.19. The third kappa shape index (κ3) is 2.91. The monoisotopic (exact) mass is 401 g/mol. The second-order valence-corrected chi connectivity index (χ2v) is 7.19. The van der Waals surface area contributed by atoms with Crippen LogP contribution in [-0.2, 0) is 4.74 Å². The molecule has 1 fully saturated rings. The van der Waals surface area contributed by atoms with Gasteiger partial charge in [0.25, 0.3) is 5.91 Å². The number of aromatic nitrogens is 2. The van der Waals surface area contributed by atoms with Gasteiger partial charge in [-0.3, -0.25) is 19.1 Å². The van der Waals surface area contributed by atoms with Crippen LogP contribution in [0, 0.1) is 0 Å². The molecular weight excluding hydrogens is 382 g/mol. The van der Waals surface area contributed by atoms with Crippen molar-refractivity contribution in [2.75, 3.05) is 31.2 Å². The van der Waals surface area contributed by atoms with Crippen molar-refractivity contribution < 1.29 is 14.6 Å². The average molecular weight is 401 g/mol. The quantitative estimate of drug-likeness (QED) is 0.520. The van der Waals surface area contributed by atoms with E-state index in [1.807, 2.05) is 0 Å². The number of phenolic OH excluding ortho intramolecular Hbond substituents is 1. The van der Waals surface area contributed by atoms with Crippen LogP contribution in [-0.4, -0.2) is 46.9 Å². The second kappa shape index (κ2) is 7.27. The molecule has 30 heavy (non-hydrogen) atoms. The van der Waals surface area contributed by atoms with E-state index >= 15 is 0 Å². The molecule has 3 heterocycles. The first-order chi connectivity index (χ1) is 14.6. The molecule has 0 bridgehead atoms. The number of hydrogen-bond donors (Lipinski definition) is 1. The largest absolute Gasteiger partial charge is 0.507 e. The molecule has 4 aromatic rings. The molecule has 2 aromatic heterocycles. The molecule has 1 aliphatic heterocycles. The van der Waals surface area contributed by atoms with Crippen LogP contribution in [0.1, 0.15) is 10.4 Å². The Labute approximate surface area is 171 Å². The number of fused-ring (bicyclic) bond motifs is 2. The Morgan fingerprint density at radius 3 is 2.60 bits per heavy atom. The van der Waals surface area contributed by atoms with E-state index in [4.69, 9.17) is 4.74 Å². The lowest BCUT2D eigenvalue weighted by Crippen LogP contribution is -2.36. The summed E-state index contributed by atoms with van der Waals surface area (Å²) in [6, 6.07) is 13.7. The van der Waals surface area contributed by atoms with Gasteiger partial charge in [0.2, 0.25) is 5.43 Å². The highest BCUT2D eigenvalue weighted by molar-refractivity contribution is 6.10. The molecule has 1 saturated heterocycles. The Kier molecular flexibility index (Phi) is 4.44. The van der Waals surface area contributed by atoms with Gasteiger partial charge >= 0.3 is 0 Å². The lowest BCUT2D eigenvalue weighted by atomic mass is 10.1. The standard InChI is InChI=1S/C23H19N3O4/c27-20-13-16(25-8-10-30-11-9-25)12-19-21(20)22(28)17-5-1-2-6-18(17)26(19)23(29)15-4-3-7-24-14-15/h1-7,12-14,27H,8-11H2. The van der Waals surface area contributed by atoms with E-state index in [1.165, 1.54) is 10.8 Å². The first kappa shape index (κ1) is 18.3. The lowest BCUT2D eigenvalue weighted by Gasteiger charge is -2.29. The highest BCUT2D eigenvalue weighted by atomic mass is 16.5. The number of benzene rings is 2. The zero-order chi connectivity index (χ0) is 20.7. The minimum Gasteiger partial charge on any atom is -0.507 e. The van der Waals surface area contributed by atoms with Crippen molar-refractivity contribution >= 4 is 33.4 Å². The summed E-state index contributed by atoms with van der Waals surface area (Å²) in [5, 5.41) is 11.3. The lowest BCUT2D eigenvalue weighted by molar-refractivity contribution is 0.0968. The molecule has 5 rings (SSSR count). The average Bonchev–Trinajstić information content (AvgIpc) is 2.80. The van der Waals surface area contributed by atoms with Gasteiger partial charge < -0.3 is 14.7 Å². The first-order valence-electron chi connectivity index (χ1n) is 9.73. The Morgan fingerprint density at radius 1 is 1.03 bits per heavy atom. The van der Waals surface area contributed by atoms with Crippen LogP contribution in [0.15, 0.2) is 65.7 Å². The summed E-state index contributed by atoms with van der Waals surface area (Å²) in [4.78, 5) is 32.8. The van der Waals surface area contributed by atoms with E-state index < -0.39 is 0 Å². The van der Waals surface area contributed by atoms with Gasteiger partial charge in [0.1, 0.15) is 5.75 Å². The predicted octanol–water partition coefficient (Wildman–Crippen LogP) is 2.78. The molecule has 0 amide bonds. The molecule has 150 valence electrons. The highest BCUT2D eigenvalue weighted by Gasteiger charge is 2.22. The van der Waals surface area contributed by atoms with Crippen LogP contribution in [0.4, 0.5) is 5.69 Å². The van der Waals surface area contributed by atoms with E-state index in [2.05, 4.69) is 9.88 Å². The Hall–Kier alpha value is -3.71. The molecule has 0 spiro atoms. The van der Waals surface area contributed by atoms with Crippen LogP contribution >= 0.6 is 0 Å². The number of carbonyl (C=O) groups is 1. The minimum atomic E-state index is -0.317. The van der Waals surface area contributed by atoms with E-state index in [0.717, 1.165) is 5.69 Å². The SMILES string of the molecule is O=C(c1cccnc1)n1c2ccccc2c(=O)c2c(O)cc(N3CCOCC3)cc21. The number of carbonyl (C=O) groups excluding carboxylic acids is 1. The van der Waals surface area contributed by atoms with Crippen molar-refractivity contribution in [1.82, 2.24) is 9.55 Å². The van der Waals surface area contributed by atoms with Crippen molar-refractivity contribution in [3.63, 3.8) is 0 Å². The molecule has 0 radical (unpaired) electrons. The number of ether oxygens (including phenoxy) is 1. The molecule has 0 unspecified atom stereocenters. The maximum absolute atomic E-state index is 13.5. The zero-order valence-corrected chi connectivity index (χ0v) is 16.1. The summed E-state index contributed by atoms with van der Waals surface area (Å²) in [5.41, 5.74) is 1.69. The van der Waals surface area contributed by atoms with Gasteiger partial charge in [-0.15, -0.1) is 0 Å². The van der Waals surface area contributed by atoms with Gasteiger partial charge in [0.15, 0.2) is 0 Å². The van der Waals surface area contributed by atoms with Crippen LogP contribution in [0.5, 0.6) is 5.75 Å². The zero-order valence-electron chi connectivity index (χ0n) is 16.1. The number of rotatable bonds is 2. The topological polar surface area (TPSA) is 84.7 Å². The molecule has 7 nitrogen and oxygen atoms in total. The normalized spacial score (nSPS) is 14.3. The number of pyridine rings is 2. The van der Waals surface area contributed by atoms with E-state index in [0.29, 0.717) is 48.3 Å².